The number of halogens is 2. The second kappa shape index (κ2) is 7.66. The fourth-order valence-electron chi connectivity index (χ4n) is 3.76. The van der Waals surface area contributed by atoms with E-state index in [0.29, 0.717) is 6.42 Å². The van der Waals surface area contributed by atoms with Gasteiger partial charge in [-0.25, -0.2) is 8.78 Å². The second-order valence-electron chi connectivity index (χ2n) is 7.14. The van der Waals surface area contributed by atoms with Crippen LogP contribution < -0.4 is 0 Å². The highest BCUT2D eigenvalue weighted by atomic mass is 19.1. The van der Waals surface area contributed by atoms with Gasteiger partial charge in [-0.3, -0.25) is 14.2 Å². The topological polar surface area (TPSA) is 79.5 Å². The molecule has 1 heterocycles. The quantitative estimate of drug-likeness (QED) is 0.641. The highest BCUT2D eigenvalue weighted by Crippen LogP contribution is 2.40. The molecular weight excluding hydrogens is 380 g/mol. The Kier molecular flexibility index (Phi) is 5.42. The summed E-state index contributed by atoms with van der Waals surface area (Å²) in [4.78, 5) is 25.2. The normalized spacial score (nSPS) is 13.4. The zero-order valence-corrected chi connectivity index (χ0v) is 16.2. The lowest BCUT2D eigenvalue weighted by Crippen LogP contribution is -2.21. The largest absolute Gasteiger partial charge is 0.505 e. The highest BCUT2D eigenvalue weighted by molar-refractivity contribution is 6.05. The van der Waals surface area contributed by atoms with E-state index < -0.39 is 35.2 Å². The van der Waals surface area contributed by atoms with E-state index in [2.05, 4.69) is 0 Å². The molecule has 2 atom stereocenters. The standard InChI is InChI=1S/C22H21F2NO4/c1-4-11(2)17(22(28)29)18-12(3)25(15-8-9-16(26)20(24)19(15)18)21(27)13-6-5-7-14(23)10-13/h5-11,17,26H,4H2,1-3H3,(H,28,29)/t11-,17?/m0/s1. The molecular formula is C22H21F2NO4. The monoisotopic (exact) mass is 401 g/mol. The highest BCUT2D eigenvalue weighted by Gasteiger charge is 2.34. The molecule has 0 aliphatic heterocycles. The van der Waals surface area contributed by atoms with Gasteiger partial charge in [0.05, 0.1) is 11.4 Å². The number of benzene rings is 2. The predicted molar refractivity (Wildman–Crippen MR) is 104 cm³/mol. The van der Waals surface area contributed by atoms with Crippen LogP contribution in [-0.2, 0) is 4.79 Å². The summed E-state index contributed by atoms with van der Waals surface area (Å²) in [6.45, 7) is 5.08. The molecule has 0 radical (unpaired) electrons. The average Bonchev–Trinajstić information content (AvgIpc) is 2.96. The van der Waals surface area contributed by atoms with E-state index in [4.69, 9.17) is 0 Å². The van der Waals surface area contributed by atoms with Crippen LogP contribution in [-0.4, -0.2) is 26.7 Å². The number of nitrogens with zero attached hydrogens (tertiary/aromatic N) is 1. The number of rotatable bonds is 5. The van der Waals surface area contributed by atoms with Gasteiger partial charge in [0.25, 0.3) is 5.91 Å². The Balaban J connectivity index is 2.39. The molecule has 1 unspecified atom stereocenters. The lowest BCUT2D eigenvalue weighted by molar-refractivity contribution is -0.140. The molecule has 3 aromatic rings. The van der Waals surface area contributed by atoms with Crippen LogP contribution in [0.15, 0.2) is 36.4 Å². The van der Waals surface area contributed by atoms with Gasteiger partial charge in [0.1, 0.15) is 5.82 Å². The molecule has 5 nitrogen and oxygen atoms in total. The number of phenolic OH excluding ortho intramolecular Hbond substituents is 1. The second-order valence-corrected chi connectivity index (χ2v) is 7.14. The van der Waals surface area contributed by atoms with Gasteiger partial charge >= 0.3 is 5.97 Å². The number of aliphatic carboxylic acids is 1. The van der Waals surface area contributed by atoms with Crippen LogP contribution in [0.1, 0.15) is 47.8 Å². The maximum absolute atomic E-state index is 14.9. The zero-order chi connectivity index (χ0) is 21.5. The minimum atomic E-state index is -1.15. The van der Waals surface area contributed by atoms with Crippen LogP contribution in [0, 0.1) is 24.5 Å². The van der Waals surface area contributed by atoms with Gasteiger partial charge in [-0.2, -0.15) is 0 Å². The van der Waals surface area contributed by atoms with Crippen LogP contribution in [0.2, 0.25) is 0 Å². The third kappa shape index (κ3) is 3.37. The van der Waals surface area contributed by atoms with Gasteiger partial charge in [-0.1, -0.05) is 26.3 Å². The Morgan fingerprint density at radius 1 is 1.17 bits per heavy atom. The zero-order valence-electron chi connectivity index (χ0n) is 16.2. The molecule has 1 aromatic heterocycles. The maximum Gasteiger partial charge on any atom is 0.311 e. The first kappa shape index (κ1) is 20.5. The third-order valence-corrected chi connectivity index (χ3v) is 5.40. The Morgan fingerprint density at radius 2 is 1.86 bits per heavy atom. The van der Waals surface area contributed by atoms with Crippen molar-refractivity contribution in [1.82, 2.24) is 4.57 Å². The van der Waals surface area contributed by atoms with Crippen molar-refractivity contribution in [3.05, 3.63) is 64.9 Å². The number of hydrogen-bond donors (Lipinski definition) is 2. The smallest absolute Gasteiger partial charge is 0.311 e. The van der Waals surface area contributed by atoms with Gasteiger partial charge in [0.15, 0.2) is 11.6 Å². The lowest BCUT2D eigenvalue weighted by Gasteiger charge is -2.20. The van der Waals surface area contributed by atoms with E-state index in [1.54, 1.807) is 6.92 Å². The first-order valence-corrected chi connectivity index (χ1v) is 9.24. The van der Waals surface area contributed by atoms with Crippen LogP contribution >= 0.6 is 0 Å². The molecule has 0 saturated heterocycles. The SMILES string of the molecule is CC[C@H](C)C(C(=O)O)c1c(C)n(C(=O)c2cccc(F)c2)c2ccc(O)c(F)c12. The minimum Gasteiger partial charge on any atom is -0.505 e. The van der Waals surface area contributed by atoms with Gasteiger partial charge in [-0.05, 0) is 48.7 Å². The average molecular weight is 401 g/mol. The van der Waals surface area contributed by atoms with Crippen molar-refractivity contribution in [3.8, 4) is 5.75 Å². The number of carboxylic acids is 1. The fourth-order valence-corrected chi connectivity index (χ4v) is 3.76. The Labute approximate surface area is 166 Å². The number of carbonyl (C=O) groups excluding carboxylic acids is 1. The van der Waals surface area contributed by atoms with E-state index in [1.165, 1.54) is 35.8 Å². The molecule has 0 fully saturated rings. The first-order valence-electron chi connectivity index (χ1n) is 9.24. The van der Waals surface area contributed by atoms with Crippen molar-refractivity contribution < 1.29 is 28.6 Å². The summed E-state index contributed by atoms with van der Waals surface area (Å²) < 4.78 is 29.8. The number of aromatic nitrogens is 1. The molecule has 0 amide bonds. The maximum atomic E-state index is 14.9. The summed E-state index contributed by atoms with van der Waals surface area (Å²) in [5.41, 5.74) is 0.545. The number of phenols is 1. The van der Waals surface area contributed by atoms with E-state index in [-0.39, 0.29) is 33.6 Å². The van der Waals surface area contributed by atoms with E-state index in [9.17, 15) is 28.6 Å². The molecule has 0 bridgehead atoms. The molecule has 0 aliphatic rings. The summed E-state index contributed by atoms with van der Waals surface area (Å²) in [5, 5.41) is 19.6. The first-order chi connectivity index (χ1) is 13.7. The molecule has 7 heteroatoms. The number of aromatic hydroxyl groups is 1. The van der Waals surface area contributed by atoms with E-state index >= 15 is 0 Å². The number of carbonyl (C=O) groups is 2. The van der Waals surface area contributed by atoms with Crippen molar-refractivity contribution in [3.63, 3.8) is 0 Å². The molecule has 3 rings (SSSR count). The Bertz CT molecular complexity index is 1120. The summed E-state index contributed by atoms with van der Waals surface area (Å²) in [6.07, 6.45) is 0.515. The van der Waals surface area contributed by atoms with E-state index in [0.717, 1.165) is 12.1 Å². The summed E-state index contributed by atoms with van der Waals surface area (Å²) in [7, 11) is 0. The molecule has 0 saturated carbocycles. The van der Waals surface area contributed by atoms with Gasteiger partial charge < -0.3 is 10.2 Å². The molecule has 2 aromatic carbocycles. The summed E-state index contributed by atoms with van der Waals surface area (Å²) in [6, 6.07) is 7.54. The van der Waals surface area contributed by atoms with Crippen LogP contribution in [0.4, 0.5) is 8.78 Å². The summed E-state index contributed by atoms with van der Waals surface area (Å²) in [5.74, 6) is -5.42. The van der Waals surface area contributed by atoms with Crippen molar-refractivity contribution in [2.24, 2.45) is 5.92 Å². The number of carboxylic acid groups (broad SMARTS) is 1. The third-order valence-electron chi connectivity index (χ3n) is 5.40. The number of fused-ring (bicyclic) bond motifs is 1. The van der Waals surface area contributed by atoms with Crippen LogP contribution in [0.5, 0.6) is 5.75 Å². The molecule has 152 valence electrons. The van der Waals surface area contributed by atoms with Gasteiger partial charge in [0, 0.05) is 16.6 Å². The number of hydrogen-bond acceptors (Lipinski definition) is 3. The molecule has 29 heavy (non-hydrogen) atoms. The fraction of sp³-hybridized carbons (Fsp3) is 0.273. The Morgan fingerprint density at radius 3 is 2.45 bits per heavy atom. The van der Waals surface area contributed by atoms with Gasteiger partial charge in [-0.15, -0.1) is 0 Å². The van der Waals surface area contributed by atoms with Crippen molar-refractivity contribution in [2.45, 2.75) is 33.1 Å². The molecule has 0 aliphatic carbocycles. The summed E-state index contributed by atoms with van der Waals surface area (Å²) >= 11 is 0. The minimum absolute atomic E-state index is 0.0421. The van der Waals surface area contributed by atoms with E-state index in [1.807, 2.05) is 6.92 Å². The van der Waals surface area contributed by atoms with Crippen molar-refractivity contribution in [1.29, 1.82) is 0 Å². The van der Waals surface area contributed by atoms with Crippen molar-refractivity contribution in [2.75, 3.05) is 0 Å². The predicted octanol–water partition coefficient (Wildman–Crippen LogP) is 4.84. The molecule has 0 spiro atoms. The lowest BCUT2D eigenvalue weighted by atomic mass is 9.84. The van der Waals surface area contributed by atoms with Crippen LogP contribution in [0.25, 0.3) is 10.9 Å². The Hall–Kier alpha value is -3.22. The van der Waals surface area contributed by atoms with Gasteiger partial charge in [0.2, 0.25) is 0 Å². The van der Waals surface area contributed by atoms with Crippen molar-refractivity contribution >= 4 is 22.8 Å². The van der Waals surface area contributed by atoms with Crippen LogP contribution in [0.3, 0.4) is 0 Å². The molecule has 2 N–H and O–H groups in total.